The lowest BCUT2D eigenvalue weighted by atomic mass is 10.0. The van der Waals surface area contributed by atoms with Crippen LogP contribution in [0.1, 0.15) is 38.8 Å². The van der Waals surface area contributed by atoms with Crippen LogP contribution in [0, 0.1) is 0 Å². The summed E-state index contributed by atoms with van der Waals surface area (Å²) in [5, 5.41) is 0. The Bertz CT molecular complexity index is 1780. The normalized spacial score (nSPS) is 11.1. The Balaban J connectivity index is 1.24. The number of rotatable bonds is 11. The maximum Gasteiger partial charge on any atom is 0.338 e. The molecule has 5 aromatic rings. The predicted octanol–water partition coefficient (Wildman–Crippen LogP) is 8.03. The van der Waals surface area contributed by atoms with Gasteiger partial charge in [0.2, 0.25) is 0 Å². The minimum absolute atomic E-state index is 0.0958. The van der Waals surface area contributed by atoms with E-state index in [1.165, 1.54) is 0 Å². The quantitative estimate of drug-likeness (QED) is 0.113. The van der Waals surface area contributed by atoms with Gasteiger partial charge in [-0.05, 0) is 89.8 Å². The molecule has 0 spiro atoms. The van der Waals surface area contributed by atoms with E-state index in [0.717, 1.165) is 33.8 Å². The van der Waals surface area contributed by atoms with Gasteiger partial charge in [0, 0.05) is 17.1 Å². The number of anilines is 3. The molecule has 0 aliphatic heterocycles. The number of benzene rings is 5. The molecule has 8 nitrogen and oxygen atoms in total. The summed E-state index contributed by atoms with van der Waals surface area (Å²) in [7, 11) is -4.17. The molecule has 9 heteroatoms. The van der Waals surface area contributed by atoms with E-state index in [2.05, 4.69) is 0 Å². The van der Waals surface area contributed by atoms with E-state index >= 15 is 0 Å². The minimum Gasteiger partial charge on any atom is -0.462 e. The van der Waals surface area contributed by atoms with E-state index in [4.69, 9.17) is 9.47 Å². The Morgan fingerprint density at radius 1 is 0.600 bits per heavy atom. The van der Waals surface area contributed by atoms with Gasteiger partial charge in [-0.1, -0.05) is 66.7 Å². The van der Waals surface area contributed by atoms with E-state index in [1.54, 1.807) is 43.3 Å². The third kappa shape index (κ3) is 8.34. The van der Waals surface area contributed by atoms with Gasteiger partial charge >= 0.3 is 19.5 Å². The molecule has 228 valence electrons. The lowest BCUT2D eigenvalue weighted by Crippen LogP contribution is -2.10. The standard InChI is InChI=1S/C36H32NO7P/c1-2-43-35(38)30-16-12-28(13-17-30)29-14-18-31(19-15-29)36(39)44-24-26-8-20-33(21-9-26)37(32-6-4-3-5-7-32)34-22-10-27(11-23-34)25-45(40,41)42/h3-23H,2,24-25H2,1H3,(H2,40,41,42). The van der Waals surface area contributed by atoms with Crippen molar-refractivity contribution in [1.29, 1.82) is 0 Å². The number of nitrogens with zero attached hydrogens (tertiary/aromatic N) is 1. The summed E-state index contributed by atoms with van der Waals surface area (Å²) in [6.45, 7) is 2.18. The third-order valence-electron chi connectivity index (χ3n) is 7.01. The molecule has 0 amide bonds. The molecule has 0 unspecified atom stereocenters. The Hall–Kier alpha value is -5.01. The van der Waals surface area contributed by atoms with Gasteiger partial charge in [-0.25, -0.2) is 9.59 Å². The molecule has 0 aromatic heterocycles. The monoisotopic (exact) mass is 621 g/mol. The van der Waals surface area contributed by atoms with Crippen molar-refractivity contribution >= 4 is 36.6 Å². The highest BCUT2D eigenvalue weighted by Gasteiger charge is 2.16. The number of esters is 2. The number of ether oxygens (including phenoxy) is 2. The molecule has 0 heterocycles. The molecule has 0 saturated carbocycles. The fraction of sp³-hybridized carbons (Fsp3) is 0.111. The van der Waals surface area contributed by atoms with Crippen molar-refractivity contribution in [3.63, 3.8) is 0 Å². The summed E-state index contributed by atoms with van der Waals surface area (Å²) in [5.74, 6) is -0.803. The Kier molecular flexibility index (Phi) is 9.90. The molecule has 0 radical (unpaired) electrons. The van der Waals surface area contributed by atoms with E-state index < -0.39 is 13.6 Å². The zero-order valence-electron chi connectivity index (χ0n) is 24.6. The molecular weight excluding hydrogens is 589 g/mol. The maximum atomic E-state index is 12.8. The average molecular weight is 622 g/mol. The molecule has 45 heavy (non-hydrogen) atoms. The predicted molar refractivity (Wildman–Crippen MR) is 174 cm³/mol. The molecule has 0 aliphatic rings. The van der Waals surface area contributed by atoms with Crippen LogP contribution in [0.4, 0.5) is 17.1 Å². The van der Waals surface area contributed by atoms with E-state index in [-0.39, 0.29) is 18.7 Å². The third-order valence-corrected chi connectivity index (χ3v) is 7.79. The van der Waals surface area contributed by atoms with Crippen LogP contribution < -0.4 is 4.90 Å². The van der Waals surface area contributed by atoms with Gasteiger partial charge < -0.3 is 24.2 Å². The van der Waals surface area contributed by atoms with Crippen LogP contribution in [-0.4, -0.2) is 28.3 Å². The number of carbonyl (C=O) groups excluding carboxylic acids is 2. The number of hydrogen-bond donors (Lipinski definition) is 2. The first-order chi connectivity index (χ1) is 21.7. The van der Waals surface area contributed by atoms with Crippen LogP contribution in [0.15, 0.2) is 127 Å². The Morgan fingerprint density at radius 3 is 1.51 bits per heavy atom. The Morgan fingerprint density at radius 2 is 1.04 bits per heavy atom. The molecule has 0 saturated heterocycles. The molecule has 0 bridgehead atoms. The van der Waals surface area contributed by atoms with Gasteiger partial charge in [0.15, 0.2) is 0 Å². The first-order valence-electron chi connectivity index (χ1n) is 14.3. The van der Waals surface area contributed by atoms with Gasteiger partial charge in [-0.2, -0.15) is 0 Å². The first-order valence-corrected chi connectivity index (χ1v) is 16.1. The lowest BCUT2D eigenvalue weighted by molar-refractivity contribution is 0.0471. The van der Waals surface area contributed by atoms with Crippen LogP contribution in [-0.2, 0) is 26.8 Å². The fourth-order valence-electron chi connectivity index (χ4n) is 4.80. The van der Waals surface area contributed by atoms with Gasteiger partial charge in [-0.3, -0.25) is 4.57 Å². The SMILES string of the molecule is CCOC(=O)c1ccc(-c2ccc(C(=O)OCc3ccc(N(c4ccccc4)c4ccc(CP(=O)(O)O)cc4)cc3)cc2)cc1. The topological polar surface area (TPSA) is 113 Å². The lowest BCUT2D eigenvalue weighted by Gasteiger charge is -2.26. The van der Waals surface area contributed by atoms with Crippen LogP contribution in [0.5, 0.6) is 0 Å². The zero-order valence-corrected chi connectivity index (χ0v) is 25.5. The second-order valence-corrected chi connectivity index (χ2v) is 11.9. The maximum absolute atomic E-state index is 12.8. The van der Waals surface area contributed by atoms with Gasteiger partial charge in [0.05, 0.1) is 23.9 Å². The summed E-state index contributed by atoms with van der Waals surface area (Å²) >= 11 is 0. The molecule has 0 atom stereocenters. The Labute approximate surface area is 261 Å². The summed E-state index contributed by atoms with van der Waals surface area (Å²) in [6, 6.07) is 38.7. The molecular formula is C36H32NO7P. The van der Waals surface area contributed by atoms with Crippen molar-refractivity contribution in [3.05, 3.63) is 150 Å². The van der Waals surface area contributed by atoms with E-state index in [9.17, 15) is 23.9 Å². The van der Waals surface area contributed by atoms with Crippen LogP contribution in [0.2, 0.25) is 0 Å². The number of carbonyl (C=O) groups is 2. The second kappa shape index (κ2) is 14.2. The van der Waals surface area contributed by atoms with Crippen LogP contribution in [0.3, 0.4) is 0 Å². The molecule has 0 fully saturated rings. The highest BCUT2D eigenvalue weighted by atomic mass is 31.2. The average Bonchev–Trinajstić information content (AvgIpc) is 3.05. The largest absolute Gasteiger partial charge is 0.462 e. The van der Waals surface area contributed by atoms with Crippen molar-refractivity contribution < 1.29 is 33.4 Å². The van der Waals surface area contributed by atoms with E-state index in [0.29, 0.717) is 23.3 Å². The van der Waals surface area contributed by atoms with Crippen molar-refractivity contribution in [2.45, 2.75) is 19.7 Å². The summed E-state index contributed by atoms with van der Waals surface area (Å²) in [6.07, 6.45) is -0.317. The second-order valence-electron chi connectivity index (χ2n) is 10.3. The van der Waals surface area contributed by atoms with Crippen molar-refractivity contribution in [2.75, 3.05) is 11.5 Å². The van der Waals surface area contributed by atoms with Gasteiger partial charge in [0.25, 0.3) is 0 Å². The highest BCUT2D eigenvalue weighted by Crippen LogP contribution is 2.40. The first kappa shape index (κ1) is 31.4. The molecule has 2 N–H and O–H groups in total. The van der Waals surface area contributed by atoms with Gasteiger partial charge in [-0.15, -0.1) is 0 Å². The summed E-state index contributed by atoms with van der Waals surface area (Å²) in [4.78, 5) is 45.3. The zero-order chi connectivity index (χ0) is 31.8. The summed E-state index contributed by atoms with van der Waals surface area (Å²) in [5.41, 5.74) is 6.69. The van der Waals surface area contributed by atoms with E-state index in [1.807, 2.05) is 95.9 Å². The van der Waals surface area contributed by atoms with Crippen LogP contribution in [0.25, 0.3) is 11.1 Å². The fourth-order valence-corrected chi connectivity index (χ4v) is 5.48. The smallest absolute Gasteiger partial charge is 0.338 e. The molecule has 0 aliphatic carbocycles. The van der Waals surface area contributed by atoms with Crippen molar-refractivity contribution in [2.24, 2.45) is 0 Å². The number of para-hydroxylation sites is 1. The molecule has 5 aromatic carbocycles. The van der Waals surface area contributed by atoms with Crippen molar-refractivity contribution in [1.82, 2.24) is 0 Å². The molecule has 5 rings (SSSR count). The van der Waals surface area contributed by atoms with Crippen molar-refractivity contribution in [3.8, 4) is 11.1 Å². The summed E-state index contributed by atoms with van der Waals surface area (Å²) < 4.78 is 22.0. The highest BCUT2D eigenvalue weighted by molar-refractivity contribution is 7.50. The van der Waals surface area contributed by atoms with Crippen LogP contribution >= 0.6 is 7.60 Å². The minimum atomic E-state index is -4.17. The van der Waals surface area contributed by atoms with Gasteiger partial charge in [0.1, 0.15) is 6.61 Å². The number of hydrogen-bond acceptors (Lipinski definition) is 6.